The van der Waals surface area contributed by atoms with Crippen LogP contribution in [0.3, 0.4) is 0 Å². The molecule has 0 saturated carbocycles. The minimum absolute atomic E-state index is 0.239. The van der Waals surface area contributed by atoms with Crippen LogP contribution in [0.2, 0.25) is 0 Å². The van der Waals surface area contributed by atoms with Gasteiger partial charge in [0.05, 0.1) is 0 Å². The van der Waals surface area contributed by atoms with Crippen LogP contribution in [0.4, 0.5) is 4.39 Å². The van der Waals surface area contributed by atoms with Crippen LogP contribution >= 0.6 is 0 Å². The van der Waals surface area contributed by atoms with Crippen molar-refractivity contribution in [1.29, 1.82) is 0 Å². The molecule has 68 valence electrons. The van der Waals surface area contributed by atoms with E-state index in [1.165, 1.54) is 6.07 Å². The minimum Gasteiger partial charge on any atom is -0.313 e. The molecular weight excluding hydrogens is 165 g/mol. The van der Waals surface area contributed by atoms with E-state index in [0.717, 1.165) is 6.54 Å². The highest BCUT2D eigenvalue weighted by molar-refractivity contribution is 5.40. The Morgan fingerprint density at radius 3 is 2.92 bits per heavy atom. The topological polar surface area (TPSA) is 12.0 Å². The normalized spacial score (nSPS) is 9.62. The number of hydrogen-bond donors (Lipinski definition) is 1. The van der Waals surface area contributed by atoms with Gasteiger partial charge in [-0.2, -0.15) is 0 Å². The van der Waals surface area contributed by atoms with Gasteiger partial charge in [-0.3, -0.25) is 0 Å². The van der Waals surface area contributed by atoms with Crippen LogP contribution in [0, 0.1) is 18.2 Å². The zero-order valence-electron chi connectivity index (χ0n) is 7.60. The Kier molecular flexibility index (Phi) is 3.48. The predicted molar refractivity (Wildman–Crippen MR) is 51.7 cm³/mol. The summed E-state index contributed by atoms with van der Waals surface area (Å²) >= 11 is 0. The molecule has 1 aromatic rings. The van der Waals surface area contributed by atoms with Crippen molar-refractivity contribution in [3.8, 4) is 12.3 Å². The number of halogens is 1. The van der Waals surface area contributed by atoms with Gasteiger partial charge in [-0.15, -0.1) is 6.42 Å². The van der Waals surface area contributed by atoms with E-state index >= 15 is 0 Å². The molecule has 1 nitrogen and oxygen atoms in total. The van der Waals surface area contributed by atoms with Crippen LogP contribution in [-0.4, -0.2) is 6.54 Å². The fraction of sp³-hybridized carbons (Fsp3) is 0.273. The van der Waals surface area contributed by atoms with E-state index in [4.69, 9.17) is 6.42 Å². The summed E-state index contributed by atoms with van der Waals surface area (Å²) in [6.07, 6.45) is 5.25. The molecule has 0 amide bonds. The monoisotopic (exact) mass is 177 g/mol. The second-order valence-corrected chi connectivity index (χ2v) is 2.69. The van der Waals surface area contributed by atoms with E-state index in [2.05, 4.69) is 11.2 Å². The van der Waals surface area contributed by atoms with Gasteiger partial charge in [0.2, 0.25) is 0 Å². The van der Waals surface area contributed by atoms with Crippen LogP contribution in [0.5, 0.6) is 0 Å². The van der Waals surface area contributed by atoms with Gasteiger partial charge in [-0.25, -0.2) is 4.39 Å². The molecule has 1 aromatic carbocycles. The molecule has 0 saturated heterocycles. The molecular formula is C11H12FN. The first kappa shape index (κ1) is 9.76. The van der Waals surface area contributed by atoms with E-state index in [-0.39, 0.29) is 5.82 Å². The number of nitrogens with one attached hydrogen (secondary N) is 1. The second kappa shape index (κ2) is 4.64. The third-order valence-corrected chi connectivity index (χ3v) is 1.83. The van der Waals surface area contributed by atoms with Gasteiger partial charge in [0.15, 0.2) is 0 Å². The molecule has 0 fully saturated rings. The molecule has 0 aliphatic heterocycles. The van der Waals surface area contributed by atoms with E-state index in [1.807, 2.05) is 6.92 Å². The number of hydrogen-bond acceptors (Lipinski definition) is 1. The predicted octanol–water partition coefficient (Wildman–Crippen LogP) is 1.92. The summed E-state index contributed by atoms with van der Waals surface area (Å²) in [7, 11) is 0. The van der Waals surface area contributed by atoms with Gasteiger partial charge < -0.3 is 5.32 Å². The smallest absolute Gasteiger partial charge is 0.128 e. The molecule has 0 aliphatic carbocycles. The second-order valence-electron chi connectivity index (χ2n) is 2.69. The van der Waals surface area contributed by atoms with Crippen molar-refractivity contribution in [2.45, 2.75) is 13.5 Å². The summed E-state index contributed by atoms with van der Waals surface area (Å²) in [5.74, 6) is 2.23. The Balaban J connectivity index is 2.95. The van der Waals surface area contributed by atoms with Gasteiger partial charge in [-0.05, 0) is 18.7 Å². The molecule has 0 radical (unpaired) electrons. The molecule has 0 bridgehead atoms. The molecule has 13 heavy (non-hydrogen) atoms. The Hall–Kier alpha value is -1.33. The van der Waals surface area contributed by atoms with E-state index in [9.17, 15) is 4.39 Å². The van der Waals surface area contributed by atoms with Crippen LogP contribution in [0.1, 0.15) is 18.1 Å². The maximum atomic E-state index is 13.2. The van der Waals surface area contributed by atoms with Crippen LogP contribution in [0.15, 0.2) is 18.2 Å². The lowest BCUT2D eigenvalue weighted by atomic mass is 10.1. The van der Waals surface area contributed by atoms with Gasteiger partial charge in [0, 0.05) is 17.7 Å². The Labute approximate surface area is 78.0 Å². The lowest BCUT2D eigenvalue weighted by Crippen LogP contribution is -2.14. The Morgan fingerprint density at radius 2 is 2.31 bits per heavy atom. The van der Waals surface area contributed by atoms with E-state index < -0.39 is 0 Å². The summed E-state index contributed by atoms with van der Waals surface area (Å²) in [6, 6.07) is 4.79. The molecule has 2 heteroatoms. The van der Waals surface area contributed by atoms with Gasteiger partial charge in [0.25, 0.3) is 0 Å². The third-order valence-electron chi connectivity index (χ3n) is 1.83. The van der Waals surface area contributed by atoms with Gasteiger partial charge in [0.1, 0.15) is 5.82 Å². The van der Waals surface area contributed by atoms with Crippen molar-refractivity contribution in [1.82, 2.24) is 5.32 Å². The lowest BCUT2D eigenvalue weighted by Gasteiger charge is -2.05. The Morgan fingerprint density at radius 1 is 1.54 bits per heavy atom. The molecule has 0 aromatic heterocycles. The van der Waals surface area contributed by atoms with Gasteiger partial charge >= 0.3 is 0 Å². The molecule has 0 heterocycles. The quantitative estimate of drug-likeness (QED) is 0.695. The average Bonchev–Trinajstić information content (AvgIpc) is 2.15. The van der Waals surface area contributed by atoms with Crippen LogP contribution in [0.25, 0.3) is 0 Å². The zero-order valence-corrected chi connectivity index (χ0v) is 7.60. The first-order valence-electron chi connectivity index (χ1n) is 4.24. The van der Waals surface area contributed by atoms with Crippen molar-refractivity contribution < 1.29 is 4.39 Å². The maximum Gasteiger partial charge on any atom is 0.128 e. The average molecular weight is 177 g/mol. The number of benzene rings is 1. The molecule has 0 aliphatic rings. The highest BCUT2D eigenvalue weighted by Crippen LogP contribution is 2.11. The first-order chi connectivity index (χ1) is 6.29. The zero-order chi connectivity index (χ0) is 9.68. The van der Waals surface area contributed by atoms with Crippen molar-refractivity contribution in [3.05, 3.63) is 35.1 Å². The summed E-state index contributed by atoms with van der Waals surface area (Å²) < 4.78 is 13.2. The maximum absolute atomic E-state index is 13.2. The first-order valence-corrected chi connectivity index (χ1v) is 4.24. The fourth-order valence-electron chi connectivity index (χ4n) is 1.12. The van der Waals surface area contributed by atoms with Crippen LogP contribution < -0.4 is 5.32 Å². The summed E-state index contributed by atoms with van der Waals surface area (Å²) in [4.78, 5) is 0. The third kappa shape index (κ3) is 2.30. The van der Waals surface area contributed by atoms with Gasteiger partial charge in [-0.1, -0.05) is 18.9 Å². The molecule has 1 N–H and O–H groups in total. The van der Waals surface area contributed by atoms with Crippen molar-refractivity contribution in [2.24, 2.45) is 0 Å². The lowest BCUT2D eigenvalue weighted by molar-refractivity contribution is 0.592. The summed E-state index contributed by atoms with van der Waals surface area (Å²) in [5.41, 5.74) is 1.20. The summed E-state index contributed by atoms with van der Waals surface area (Å²) in [5, 5.41) is 3.04. The molecule has 1 rings (SSSR count). The molecule has 0 spiro atoms. The molecule has 0 unspecified atom stereocenters. The van der Waals surface area contributed by atoms with E-state index in [0.29, 0.717) is 17.7 Å². The largest absolute Gasteiger partial charge is 0.313 e. The Bertz CT molecular complexity index is 325. The standard InChI is InChI=1S/C11H12FN/c1-3-9-6-5-7-11(12)10(9)8-13-4-2/h1,5-7,13H,4,8H2,2H3. The number of terminal acetylenes is 1. The number of rotatable bonds is 3. The molecule has 0 atom stereocenters. The van der Waals surface area contributed by atoms with Crippen LogP contribution in [-0.2, 0) is 6.54 Å². The highest BCUT2D eigenvalue weighted by Gasteiger charge is 2.04. The SMILES string of the molecule is C#Cc1cccc(F)c1CNCC. The van der Waals surface area contributed by atoms with Crippen molar-refractivity contribution >= 4 is 0 Å². The minimum atomic E-state index is -0.239. The van der Waals surface area contributed by atoms with Crippen molar-refractivity contribution in [3.63, 3.8) is 0 Å². The van der Waals surface area contributed by atoms with Crippen molar-refractivity contribution in [2.75, 3.05) is 6.54 Å². The highest BCUT2D eigenvalue weighted by atomic mass is 19.1. The van der Waals surface area contributed by atoms with E-state index in [1.54, 1.807) is 12.1 Å². The summed E-state index contributed by atoms with van der Waals surface area (Å²) in [6.45, 7) is 3.26. The fourth-order valence-corrected chi connectivity index (χ4v) is 1.12.